The lowest BCUT2D eigenvalue weighted by molar-refractivity contribution is -0.122. The number of hydrogen-bond acceptors (Lipinski definition) is 5. The van der Waals surface area contributed by atoms with Gasteiger partial charge in [-0.1, -0.05) is 12.2 Å². The lowest BCUT2D eigenvalue weighted by Gasteiger charge is -2.18. The molecule has 21 heavy (non-hydrogen) atoms. The maximum absolute atomic E-state index is 12.0. The Labute approximate surface area is 128 Å². The number of sulfone groups is 1. The first-order chi connectivity index (χ1) is 9.75. The summed E-state index contributed by atoms with van der Waals surface area (Å²) in [6.07, 6.45) is 5.21. The molecule has 5 nitrogen and oxygen atoms in total. The van der Waals surface area contributed by atoms with Crippen LogP contribution in [0.2, 0.25) is 0 Å². The number of halogens is 1. The van der Waals surface area contributed by atoms with Crippen LogP contribution in [0.5, 0.6) is 0 Å². The van der Waals surface area contributed by atoms with Crippen molar-refractivity contribution in [1.82, 2.24) is 0 Å². The molecule has 2 aliphatic carbocycles. The fraction of sp³-hybridized carbons (Fsp3) is 0.500. The molecular weight excluding hydrogens is 314 g/mol. The van der Waals surface area contributed by atoms with Gasteiger partial charge in [0.2, 0.25) is 0 Å². The molecule has 112 valence electrons. The molecule has 0 amide bonds. The van der Waals surface area contributed by atoms with Crippen LogP contribution in [0.3, 0.4) is 0 Å². The van der Waals surface area contributed by atoms with Gasteiger partial charge in [0.15, 0.2) is 21.4 Å². The van der Waals surface area contributed by atoms with Gasteiger partial charge in [-0.15, -0.1) is 11.6 Å². The summed E-state index contributed by atoms with van der Waals surface area (Å²) in [4.78, 5) is 23.6. The molecule has 0 bridgehead atoms. The van der Waals surface area contributed by atoms with E-state index in [1.54, 1.807) is 0 Å². The van der Waals surface area contributed by atoms with E-state index in [4.69, 9.17) is 16.9 Å². The van der Waals surface area contributed by atoms with Crippen molar-refractivity contribution in [1.29, 1.82) is 5.26 Å². The van der Waals surface area contributed by atoms with Gasteiger partial charge in [0, 0.05) is 12.2 Å². The molecule has 1 fully saturated rings. The van der Waals surface area contributed by atoms with Gasteiger partial charge in [0.05, 0.1) is 6.07 Å². The first kappa shape index (κ1) is 15.9. The number of ketones is 2. The summed E-state index contributed by atoms with van der Waals surface area (Å²) in [6, 6.07) is 1.91. The van der Waals surface area contributed by atoms with Crippen molar-refractivity contribution in [2.45, 2.75) is 24.6 Å². The second kappa shape index (κ2) is 5.74. The first-order valence-corrected chi connectivity index (χ1v) is 8.81. The van der Waals surface area contributed by atoms with Crippen LogP contribution >= 0.6 is 11.6 Å². The highest BCUT2D eigenvalue weighted by atomic mass is 35.5. The molecule has 0 spiro atoms. The first-order valence-electron chi connectivity index (χ1n) is 6.48. The van der Waals surface area contributed by atoms with Crippen molar-refractivity contribution in [2.24, 2.45) is 11.8 Å². The molecule has 0 aromatic rings. The average molecular weight is 328 g/mol. The minimum absolute atomic E-state index is 0.0694. The minimum Gasteiger partial charge on any atom is -0.298 e. The average Bonchev–Trinajstić information content (AvgIpc) is 3.22. The van der Waals surface area contributed by atoms with Gasteiger partial charge in [-0.3, -0.25) is 9.59 Å². The molecular formula is C14H14ClNO4S. The zero-order valence-corrected chi connectivity index (χ0v) is 12.9. The number of allylic oxidation sites excluding steroid dienone is 4. The molecule has 0 saturated heterocycles. The molecule has 2 unspecified atom stereocenters. The quantitative estimate of drug-likeness (QED) is 0.714. The molecule has 0 aliphatic heterocycles. The van der Waals surface area contributed by atoms with E-state index in [9.17, 15) is 18.0 Å². The Morgan fingerprint density at radius 2 is 2.14 bits per heavy atom. The van der Waals surface area contributed by atoms with Gasteiger partial charge in [-0.05, 0) is 24.8 Å². The van der Waals surface area contributed by atoms with Crippen LogP contribution in [0.15, 0.2) is 22.6 Å². The maximum atomic E-state index is 12.0. The molecule has 2 rings (SSSR count). The molecule has 2 aliphatic rings. The topological polar surface area (TPSA) is 92.1 Å². The summed E-state index contributed by atoms with van der Waals surface area (Å²) in [5.41, 5.74) is 0.194. The summed E-state index contributed by atoms with van der Waals surface area (Å²) in [7, 11) is -3.77. The highest BCUT2D eigenvalue weighted by Gasteiger charge is 2.37. The van der Waals surface area contributed by atoms with E-state index in [0.717, 1.165) is 19.1 Å². The number of hydrogen-bond donors (Lipinski definition) is 0. The van der Waals surface area contributed by atoms with Crippen molar-refractivity contribution in [3.05, 3.63) is 22.6 Å². The van der Waals surface area contributed by atoms with Gasteiger partial charge >= 0.3 is 0 Å². The smallest absolute Gasteiger partial charge is 0.196 e. The summed E-state index contributed by atoms with van der Waals surface area (Å²) >= 11 is 5.76. The van der Waals surface area contributed by atoms with Crippen molar-refractivity contribution < 1.29 is 18.0 Å². The Bertz CT molecular complexity index is 695. The van der Waals surface area contributed by atoms with Crippen molar-refractivity contribution in [3.63, 3.8) is 0 Å². The van der Waals surface area contributed by atoms with Crippen LogP contribution in [0.1, 0.15) is 19.3 Å². The van der Waals surface area contributed by atoms with Crippen LogP contribution in [-0.2, 0) is 19.4 Å². The molecule has 0 radical (unpaired) electrons. The summed E-state index contributed by atoms with van der Waals surface area (Å²) in [5.74, 6) is -1.89. The van der Waals surface area contributed by atoms with Crippen molar-refractivity contribution in [2.75, 3.05) is 6.26 Å². The summed E-state index contributed by atoms with van der Waals surface area (Å²) < 4.78 is 23.6. The third-order valence-corrected chi connectivity index (χ3v) is 5.05. The zero-order chi connectivity index (χ0) is 15.8. The van der Waals surface area contributed by atoms with Crippen molar-refractivity contribution in [3.8, 4) is 6.07 Å². The van der Waals surface area contributed by atoms with Crippen molar-refractivity contribution >= 4 is 33.0 Å². The van der Waals surface area contributed by atoms with Crippen LogP contribution < -0.4 is 0 Å². The van der Waals surface area contributed by atoms with E-state index < -0.39 is 26.9 Å². The van der Waals surface area contributed by atoms with Gasteiger partial charge in [0.1, 0.15) is 16.2 Å². The highest BCUT2D eigenvalue weighted by molar-refractivity contribution is 7.95. The maximum Gasteiger partial charge on any atom is 0.196 e. The van der Waals surface area contributed by atoms with E-state index in [1.807, 2.05) is 6.07 Å². The van der Waals surface area contributed by atoms with Crippen LogP contribution in [0, 0.1) is 23.2 Å². The number of rotatable bonds is 5. The van der Waals surface area contributed by atoms with Crippen LogP contribution in [0.25, 0.3) is 0 Å². The van der Waals surface area contributed by atoms with Gasteiger partial charge in [-0.2, -0.15) is 5.26 Å². The van der Waals surface area contributed by atoms with Gasteiger partial charge < -0.3 is 0 Å². The van der Waals surface area contributed by atoms with E-state index in [1.165, 1.54) is 12.2 Å². The third-order valence-electron chi connectivity index (χ3n) is 3.51. The Hall–Kier alpha value is -1.45. The SMILES string of the molecule is CS(=O)(=O)C1=C(CC(C#N)C(=O)C2CC2)C=CC(Cl)C1=O. The second-order valence-corrected chi connectivity index (χ2v) is 7.74. The zero-order valence-electron chi connectivity index (χ0n) is 11.4. The fourth-order valence-corrected chi connectivity index (χ4v) is 3.68. The van der Waals surface area contributed by atoms with E-state index in [-0.39, 0.29) is 28.6 Å². The Kier molecular flexibility index (Phi) is 4.35. The Balaban J connectivity index is 2.36. The standard InChI is InChI=1S/C14H14ClNO4S/c1-21(19,20)14-9(4-5-11(15)13(14)18)6-10(7-16)12(17)8-2-3-8/h4-5,8,10-11H,2-3,6H2,1H3. The van der Waals surface area contributed by atoms with Crippen LogP contribution in [-0.4, -0.2) is 31.6 Å². The number of nitriles is 1. The number of alkyl halides is 1. The molecule has 1 saturated carbocycles. The number of carbonyl (C=O) groups is 2. The normalized spacial score (nSPS) is 23.9. The fourth-order valence-electron chi connectivity index (χ4n) is 2.31. The molecule has 7 heteroatoms. The molecule has 0 aromatic carbocycles. The highest BCUT2D eigenvalue weighted by Crippen LogP contribution is 2.35. The van der Waals surface area contributed by atoms with Crippen LogP contribution in [0.4, 0.5) is 0 Å². The van der Waals surface area contributed by atoms with Gasteiger partial charge in [0.25, 0.3) is 0 Å². The molecule has 2 atom stereocenters. The van der Waals surface area contributed by atoms with E-state index in [2.05, 4.69) is 0 Å². The molecule has 0 N–H and O–H groups in total. The summed E-state index contributed by atoms with van der Waals surface area (Å²) in [6.45, 7) is 0. The second-order valence-electron chi connectivity index (χ2n) is 5.31. The summed E-state index contributed by atoms with van der Waals surface area (Å²) in [5, 5.41) is 8.10. The van der Waals surface area contributed by atoms with Gasteiger partial charge in [-0.25, -0.2) is 8.42 Å². The minimum atomic E-state index is -3.77. The number of carbonyl (C=O) groups excluding carboxylic acids is 2. The number of Topliss-reactive ketones (excluding diaryl/α,β-unsaturated/α-hetero) is 2. The predicted octanol–water partition coefficient (Wildman–Crippen LogP) is 1.54. The lowest BCUT2D eigenvalue weighted by Crippen LogP contribution is -2.26. The lowest BCUT2D eigenvalue weighted by atomic mass is 9.91. The monoisotopic (exact) mass is 327 g/mol. The van der Waals surface area contributed by atoms with E-state index in [0.29, 0.717) is 0 Å². The Morgan fingerprint density at radius 3 is 2.62 bits per heavy atom. The third kappa shape index (κ3) is 3.42. The molecule has 0 heterocycles. The van der Waals surface area contributed by atoms with E-state index >= 15 is 0 Å². The predicted molar refractivity (Wildman–Crippen MR) is 77.1 cm³/mol. The largest absolute Gasteiger partial charge is 0.298 e. The Morgan fingerprint density at radius 1 is 1.52 bits per heavy atom. The number of nitrogens with zero attached hydrogens (tertiary/aromatic N) is 1. The molecule has 0 aromatic heterocycles.